The number of methoxy groups -OCH3 is 1. The number of carbonyl (C=O) groups is 2. The molecule has 0 aliphatic carbocycles. The third-order valence-electron chi connectivity index (χ3n) is 5.12. The van der Waals surface area contributed by atoms with E-state index in [4.69, 9.17) is 9.47 Å². The second kappa shape index (κ2) is 10.1. The quantitative estimate of drug-likeness (QED) is 0.517. The zero-order chi connectivity index (χ0) is 22.4. The molecule has 5 heteroatoms. The Bertz CT molecular complexity index is 1060. The molecule has 0 heterocycles. The number of fused-ring (bicyclic) bond motifs is 1. The molecule has 162 valence electrons. The maximum Gasteiger partial charge on any atom is 0.342 e. The monoisotopic (exact) mass is 419 g/mol. The molecule has 3 aromatic carbocycles. The summed E-state index contributed by atoms with van der Waals surface area (Å²) in [7, 11) is 1.50. The number of esters is 1. The molecule has 0 spiro atoms. The highest BCUT2D eigenvalue weighted by molar-refractivity contribution is 5.99. The Kier molecular flexibility index (Phi) is 7.29. The topological polar surface area (TPSA) is 64.6 Å². The molecule has 0 radical (unpaired) electrons. The van der Waals surface area contributed by atoms with Crippen molar-refractivity contribution in [3.63, 3.8) is 0 Å². The number of benzene rings is 3. The van der Waals surface area contributed by atoms with E-state index in [2.05, 4.69) is 31.3 Å². The first kappa shape index (κ1) is 22.3. The first-order valence-electron chi connectivity index (χ1n) is 10.5. The molecule has 0 unspecified atom stereocenters. The zero-order valence-electron chi connectivity index (χ0n) is 18.5. The molecule has 1 amide bonds. The highest BCUT2D eigenvalue weighted by Crippen LogP contribution is 2.26. The second-order valence-electron chi connectivity index (χ2n) is 8.10. The van der Waals surface area contributed by atoms with Gasteiger partial charge in [-0.3, -0.25) is 4.79 Å². The molecule has 3 aromatic rings. The van der Waals surface area contributed by atoms with Crippen molar-refractivity contribution in [2.24, 2.45) is 5.92 Å². The summed E-state index contributed by atoms with van der Waals surface area (Å²) in [5.41, 5.74) is 2.57. The van der Waals surface area contributed by atoms with Gasteiger partial charge in [0, 0.05) is 0 Å². The molecule has 5 nitrogen and oxygen atoms in total. The van der Waals surface area contributed by atoms with Gasteiger partial charge in [-0.1, -0.05) is 62.4 Å². The maximum atomic E-state index is 12.6. The largest absolute Gasteiger partial charge is 0.496 e. The van der Waals surface area contributed by atoms with Crippen LogP contribution in [0.25, 0.3) is 10.8 Å². The Morgan fingerprint density at radius 3 is 2.19 bits per heavy atom. The van der Waals surface area contributed by atoms with Crippen LogP contribution in [-0.4, -0.2) is 25.6 Å². The van der Waals surface area contributed by atoms with Crippen molar-refractivity contribution in [1.29, 1.82) is 0 Å². The number of hydrogen-bond donors (Lipinski definition) is 1. The van der Waals surface area contributed by atoms with E-state index in [9.17, 15) is 9.59 Å². The van der Waals surface area contributed by atoms with E-state index in [1.165, 1.54) is 12.7 Å². The summed E-state index contributed by atoms with van der Waals surface area (Å²) in [6.07, 6.45) is 1.02. The summed E-state index contributed by atoms with van der Waals surface area (Å²) >= 11 is 0. The van der Waals surface area contributed by atoms with Gasteiger partial charge in [0.15, 0.2) is 6.61 Å². The predicted molar refractivity (Wildman–Crippen MR) is 122 cm³/mol. The minimum absolute atomic E-state index is 0.186. The van der Waals surface area contributed by atoms with E-state index >= 15 is 0 Å². The molecule has 3 rings (SSSR count). The summed E-state index contributed by atoms with van der Waals surface area (Å²) < 4.78 is 10.6. The third kappa shape index (κ3) is 5.85. The number of ether oxygens (including phenoxy) is 2. The van der Waals surface area contributed by atoms with Gasteiger partial charge in [0.1, 0.15) is 11.3 Å². The molecule has 1 atom stereocenters. The van der Waals surface area contributed by atoms with E-state index in [1.54, 1.807) is 12.1 Å². The van der Waals surface area contributed by atoms with Gasteiger partial charge in [-0.15, -0.1) is 0 Å². The standard InChI is InChI=1S/C26H29NO4/c1-17(2)13-19-9-11-20(12-10-19)18(3)27-25(28)16-31-26(29)23-14-21-7-5-6-8-22(21)15-24(23)30-4/h5-12,14-15,17-18H,13,16H2,1-4H3,(H,27,28)/t18-/m1/s1. The van der Waals surface area contributed by atoms with E-state index in [-0.39, 0.29) is 18.6 Å². The van der Waals surface area contributed by atoms with Crippen molar-refractivity contribution in [3.8, 4) is 5.75 Å². The Morgan fingerprint density at radius 2 is 1.58 bits per heavy atom. The Hall–Kier alpha value is -3.34. The number of carbonyl (C=O) groups excluding carboxylic acids is 2. The highest BCUT2D eigenvalue weighted by atomic mass is 16.5. The molecule has 0 saturated heterocycles. The predicted octanol–water partition coefficient (Wildman–Crippen LogP) is 5.08. The van der Waals surface area contributed by atoms with Crippen LogP contribution in [0.5, 0.6) is 5.75 Å². The SMILES string of the molecule is COc1cc2ccccc2cc1C(=O)OCC(=O)N[C@H](C)c1ccc(CC(C)C)cc1. The molecule has 0 fully saturated rings. The maximum absolute atomic E-state index is 12.6. The van der Waals surface area contributed by atoms with Gasteiger partial charge in [-0.05, 0) is 53.3 Å². The van der Waals surface area contributed by atoms with E-state index in [0.717, 1.165) is 22.8 Å². The van der Waals surface area contributed by atoms with Crippen LogP contribution in [-0.2, 0) is 16.0 Å². The highest BCUT2D eigenvalue weighted by Gasteiger charge is 2.17. The fourth-order valence-electron chi connectivity index (χ4n) is 3.54. The van der Waals surface area contributed by atoms with Crippen LogP contribution in [0.3, 0.4) is 0 Å². The van der Waals surface area contributed by atoms with Gasteiger partial charge < -0.3 is 14.8 Å². The van der Waals surface area contributed by atoms with Crippen molar-refractivity contribution in [1.82, 2.24) is 5.32 Å². The van der Waals surface area contributed by atoms with Crippen molar-refractivity contribution in [2.75, 3.05) is 13.7 Å². The summed E-state index contributed by atoms with van der Waals surface area (Å²) in [6, 6.07) is 19.2. The average Bonchev–Trinajstić information content (AvgIpc) is 2.76. The van der Waals surface area contributed by atoms with Crippen LogP contribution >= 0.6 is 0 Å². The molecule has 1 N–H and O–H groups in total. The first-order valence-corrected chi connectivity index (χ1v) is 10.5. The third-order valence-corrected chi connectivity index (χ3v) is 5.12. The first-order chi connectivity index (χ1) is 14.9. The van der Waals surface area contributed by atoms with E-state index in [0.29, 0.717) is 17.2 Å². The Balaban J connectivity index is 1.59. The van der Waals surface area contributed by atoms with Crippen LogP contribution in [0.15, 0.2) is 60.7 Å². The smallest absolute Gasteiger partial charge is 0.342 e. The number of amides is 1. The zero-order valence-corrected chi connectivity index (χ0v) is 18.5. The molecule has 0 bridgehead atoms. The second-order valence-corrected chi connectivity index (χ2v) is 8.10. The van der Waals surface area contributed by atoms with Gasteiger partial charge in [0.2, 0.25) is 0 Å². The normalized spacial score (nSPS) is 11.9. The summed E-state index contributed by atoms with van der Waals surface area (Å²) in [5.74, 6) is 0.0631. The van der Waals surface area contributed by atoms with Crippen LogP contribution < -0.4 is 10.1 Å². The molecule has 0 aromatic heterocycles. The van der Waals surface area contributed by atoms with Gasteiger partial charge in [-0.2, -0.15) is 0 Å². The lowest BCUT2D eigenvalue weighted by Crippen LogP contribution is -2.31. The van der Waals surface area contributed by atoms with Crippen molar-refractivity contribution in [2.45, 2.75) is 33.2 Å². The van der Waals surface area contributed by atoms with Gasteiger partial charge in [-0.25, -0.2) is 4.79 Å². The molecular formula is C26H29NO4. The van der Waals surface area contributed by atoms with Crippen LogP contribution in [0.4, 0.5) is 0 Å². The van der Waals surface area contributed by atoms with E-state index in [1.807, 2.05) is 43.3 Å². The average molecular weight is 420 g/mol. The lowest BCUT2D eigenvalue weighted by molar-refractivity contribution is -0.124. The van der Waals surface area contributed by atoms with Crippen molar-refractivity contribution in [3.05, 3.63) is 77.4 Å². The molecule has 0 aliphatic rings. The molecule has 0 aliphatic heterocycles. The summed E-state index contributed by atoms with van der Waals surface area (Å²) in [5, 5.41) is 4.73. The summed E-state index contributed by atoms with van der Waals surface area (Å²) in [4.78, 5) is 24.9. The van der Waals surface area contributed by atoms with Crippen LogP contribution in [0.2, 0.25) is 0 Å². The van der Waals surface area contributed by atoms with Gasteiger partial charge >= 0.3 is 5.97 Å². The summed E-state index contributed by atoms with van der Waals surface area (Å²) in [6.45, 7) is 5.92. The van der Waals surface area contributed by atoms with Gasteiger partial charge in [0.25, 0.3) is 5.91 Å². The van der Waals surface area contributed by atoms with Crippen LogP contribution in [0.1, 0.15) is 48.3 Å². The van der Waals surface area contributed by atoms with Crippen molar-refractivity contribution < 1.29 is 19.1 Å². The Morgan fingerprint density at radius 1 is 0.935 bits per heavy atom. The fourth-order valence-corrected chi connectivity index (χ4v) is 3.54. The van der Waals surface area contributed by atoms with Crippen LogP contribution in [0, 0.1) is 5.92 Å². The minimum atomic E-state index is -0.594. The lowest BCUT2D eigenvalue weighted by Gasteiger charge is -2.16. The van der Waals surface area contributed by atoms with Crippen molar-refractivity contribution >= 4 is 22.6 Å². The Labute approximate surface area is 183 Å². The molecular weight excluding hydrogens is 390 g/mol. The van der Waals surface area contributed by atoms with Gasteiger partial charge in [0.05, 0.1) is 13.2 Å². The number of nitrogens with one attached hydrogen (secondary N) is 1. The molecule has 31 heavy (non-hydrogen) atoms. The lowest BCUT2D eigenvalue weighted by atomic mass is 10.00. The molecule has 0 saturated carbocycles. The number of rotatable bonds is 8. The van der Waals surface area contributed by atoms with E-state index < -0.39 is 5.97 Å². The number of hydrogen-bond acceptors (Lipinski definition) is 4. The minimum Gasteiger partial charge on any atom is -0.496 e. The fraction of sp³-hybridized carbons (Fsp3) is 0.308.